The standard InChI is InChI=1S/C37H56O3.C34H54O2.C3H4O2/c1-15-31(38)40-33-28(21-26(35(9,10)17-3)23-30(33)37(13,14)19-5)24(6)27-20-25(34(7,8)16-2)22-29(32(27)39)36(11,12)18-4;1-14-31(6,7)23-18-25(29(35)27(20-23)33(10,11)16-3)22(5)26-19-24(32(8,9)15-2)21-28(30(26)36)34(12,13)17-4;1-2-3(4)5/h15,20-24,39H,1,16-19H2,2-14H3;18-22,35-36H,14-17H2,1-13H3;2H,1H2,(H,4,5). The number of phenolic OH excluding ortho intramolecular Hbond substituents is 3. The van der Waals surface area contributed by atoms with Crippen molar-refractivity contribution < 1.29 is 34.8 Å². The minimum atomic E-state index is -0.981. The second-order valence-electron chi connectivity index (χ2n) is 28.3. The van der Waals surface area contributed by atoms with Crippen LogP contribution in [0.25, 0.3) is 0 Å². The number of phenols is 3. The molecule has 0 spiro atoms. The number of aromatic hydroxyl groups is 3. The van der Waals surface area contributed by atoms with E-state index >= 15 is 0 Å². The average molecular weight is 1120 g/mol. The van der Waals surface area contributed by atoms with Gasteiger partial charge >= 0.3 is 11.9 Å². The Bertz CT molecular complexity index is 2740. The fourth-order valence-corrected chi connectivity index (χ4v) is 9.72. The number of carbonyl (C=O) groups is 2. The largest absolute Gasteiger partial charge is 0.507 e. The van der Waals surface area contributed by atoms with Crippen LogP contribution in [0.5, 0.6) is 23.0 Å². The lowest BCUT2D eigenvalue weighted by Crippen LogP contribution is -2.24. The quantitative estimate of drug-likeness (QED) is 0.0331. The summed E-state index contributed by atoms with van der Waals surface area (Å²) in [6.07, 6.45) is 9.70. The monoisotopic (exact) mass is 1110 g/mol. The van der Waals surface area contributed by atoms with Crippen LogP contribution in [0, 0.1) is 0 Å². The van der Waals surface area contributed by atoms with Crippen molar-refractivity contribution in [2.45, 2.75) is 287 Å². The van der Waals surface area contributed by atoms with Crippen LogP contribution in [-0.2, 0) is 52.9 Å². The van der Waals surface area contributed by atoms with Crippen molar-refractivity contribution in [2.24, 2.45) is 0 Å². The van der Waals surface area contributed by atoms with Crippen molar-refractivity contribution in [3.8, 4) is 23.0 Å². The Kier molecular flexibility index (Phi) is 24.3. The van der Waals surface area contributed by atoms with Gasteiger partial charge in [0.2, 0.25) is 0 Å². The smallest absolute Gasteiger partial charge is 0.335 e. The molecule has 7 nitrogen and oxygen atoms in total. The number of aliphatic carboxylic acids is 1. The molecule has 0 saturated carbocycles. The van der Waals surface area contributed by atoms with Gasteiger partial charge in [0.1, 0.15) is 23.0 Å². The predicted molar refractivity (Wildman–Crippen MR) is 346 cm³/mol. The molecule has 4 aromatic carbocycles. The molecule has 0 aliphatic carbocycles. The van der Waals surface area contributed by atoms with Gasteiger partial charge in [0, 0.05) is 68.5 Å². The first kappa shape index (κ1) is 71.8. The van der Waals surface area contributed by atoms with Crippen molar-refractivity contribution in [2.75, 3.05) is 0 Å². The Morgan fingerprint density at radius 1 is 0.395 bits per heavy atom. The zero-order valence-electron chi connectivity index (χ0n) is 56.0. The second-order valence-corrected chi connectivity index (χ2v) is 28.3. The SMILES string of the molecule is C=CC(=O)O.C=CC(=O)Oc1c(C(C)c2cc(C(C)(C)CC)cc(C(C)(C)CC)c2O)cc(C(C)(C)CC)cc1C(C)(C)CC.CCC(C)(C)c1cc(C(C)c2cc(C(C)(C)CC)cc(C(C)(C)CC)c2O)c(O)c(C(C)(C)CC)c1. The Morgan fingerprint density at radius 2 is 0.605 bits per heavy atom. The number of hydrogen-bond donors (Lipinski definition) is 4. The number of hydrogen-bond acceptors (Lipinski definition) is 6. The molecule has 0 saturated heterocycles. The molecule has 0 aliphatic heterocycles. The van der Waals surface area contributed by atoms with Crippen LogP contribution in [0.2, 0.25) is 0 Å². The average Bonchev–Trinajstić information content (AvgIpc) is 3.42. The summed E-state index contributed by atoms with van der Waals surface area (Å²) in [5, 5.41) is 42.9. The van der Waals surface area contributed by atoms with E-state index in [9.17, 15) is 24.9 Å². The van der Waals surface area contributed by atoms with Gasteiger partial charge in [-0.25, -0.2) is 9.59 Å². The summed E-state index contributed by atoms with van der Waals surface area (Å²) in [5.74, 6) is -0.134. The van der Waals surface area contributed by atoms with E-state index in [2.05, 4.69) is 242 Å². The van der Waals surface area contributed by atoms with Crippen LogP contribution in [0.15, 0.2) is 73.8 Å². The fraction of sp³-hybridized carbons (Fsp3) is 0.595. The van der Waals surface area contributed by atoms with Crippen molar-refractivity contribution in [1.29, 1.82) is 0 Å². The van der Waals surface area contributed by atoms with E-state index in [0.717, 1.165) is 102 Å². The predicted octanol–water partition coefficient (Wildman–Crippen LogP) is 20.6. The van der Waals surface area contributed by atoms with E-state index in [-0.39, 0.29) is 55.2 Å². The van der Waals surface area contributed by atoms with Gasteiger partial charge in [-0.05, 0) is 117 Å². The molecular formula is C74H114O7. The second kappa shape index (κ2) is 27.4. The van der Waals surface area contributed by atoms with Crippen molar-refractivity contribution in [1.82, 2.24) is 0 Å². The first-order chi connectivity index (χ1) is 37.0. The number of ether oxygens (including phenoxy) is 1. The number of benzene rings is 4. The summed E-state index contributed by atoms with van der Waals surface area (Å²) in [6, 6.07) is 17.7. The van der Waals surface area contributed by atoms with Crippen molar-refractivity contribution in [3.05, 3.63) is 141 Å². The lowest BCUT2D eigenvalue weighted by atomic mass is 9.71. The van der Waals surface area contributed by atoms with Gasteiger partial charge in [-0.15, -0.1) is 0 Å². The molecule has 0 bridgehead atoms. The maximum atomic E-state index is 12.7. The maximum absolute atomic E-state index is 12.7. The summed E-state index contributed by atoms with van der Waals surface area (Å²) < 4.78 is 6.10. The molecule has 1 unspecified atom stereocenters. The lowest BCUT2D eigenvalue weighted by molar-refractivity contribution is -0.131. The van der Waals surface area contributed by atoms with Crippen molar-refractivity contribution >= 4 is 11.9 Å². The van der Waals surface area contributed by atoms with Gasteiger partial charge in [0.05, 0.1) is 0 Å². The summed E-state index contributed by atoms with van der Waals surface area (Å²) in [6.45, 7) is 64.3. The molecule has 0 heterocycles. The fourth-order valence-electron chi connectivity index (χ4n) is 9.72. The van der Waals surface area contributed by atoms with Crippen LogP contribution in [0.3, 0.4) is 0 Å². The Hall–Kier alpha value is -5.30. The van der Waals surface area contributed by atoms with E-state index in [1.54, 1.807) is 0 Å². The molecule has 0 aliphatic rings. The van der Waals surface area contributed by atoms with E-state index in [1.165, 1.54) is 28.3 Å². The first-order valence-corrected chi connectivity index (χ1v) is 30.5. The normalized spacial score (nSPS) is 13.2. The highest BCUT2D eigenvalue weighted by molar-refractivity contribution is 5.84. The molecule has 4 rings (SSSR count). The molecule has 0 radical (unpaired) electrons. The molecule has 7 heteroatoms. The van der Waals surface area contributed by atoms with Gasteiger partial charge in [-0.2, -0.15) is 0 Å². The molecule has 0 aromatic heterocycles. The topological polar surface area (TPSA) is 124 Å². The maximum Gasteiger partial charge on any atom is 0.335 e. The minimum Gasteiger partial charge on any atom is -0.507 e. The molecule has 4 aromatic rings. The first-order valence-electron chi connectivity index (χ1n) is 30.5. The molecule has 4 N–H and O–H groups in total. The third kappa shape index (κ3) is 16.5. The highest BCUT2D eigenvalue weighted by Crippen LogP contribution is 2.51. The Morgan fingerprint density at radius 3 is 0.827 bits per heavy atom. The number of carboxylic acids is 1. The number of esters is 1. The molecule has 81 heavy (non-hydrogen) atoms. The number of rotatable bonds is 23. The van der Waals surface area contributed by atoms with Crippen LogP contribution in [0.4, 0.5) is 0 Å². The van der Waals surface area contributed by atoms with Crippen LogP contribution in [0.1, 0.15) is 310 Å². The summed E-state index contributed by atoms with van der Waals surface area (Å²) in [4.78, 5) is 22.0. The van der Waals surface area contributed by atoms with Gasteiger partial charge in [0.25, 0.3) is 0 Å². The third-order valence-corrected chi connectivity index (χ3v) is 20.1. The Balaban J connectivity index is 0.000000512. The zero-order valence-corrected chi connectivity index (χ0v) is 56.0. The Labute approximate surface area is 494 Å². The van der Waals surface area contributed by atoms with E-state index in [1.807, 2.05) is 0 Å². The molecule has 0 fully saturated rings. The van der Waals surface area contributed by atoms with E-state index in [4.69, 9.17) is 9.84 Å². The van der Waals surface area contributed by atoms with Gasteiger partial charge in [-0.3, -0.25) is 0 Å². The van der Waals surface area contributed by atoms with Crippen molar-refractivity contribution in [3.63, 3.8) is 0 Å². The summed E-state index contributed by atoms with van der Waals surface area (Å²) >= 11 is 0. The van der Waals surface area contributed by atoms with Crippen LogP contribution in [-0.4, -0.2) is 32.4 Å². The highest BCUT2D eigenvalue weighted by Gasteiger charge is 2.37. The van der Waals surface area contributed by atoms with E-state index < -0.39 is 11.9 Å². The molecule has 0 amide bonds. The third-order valence-electron chi connectivity index (χ3n) is 20.1. The van der Waals surface area contributed by atoms with E-state index in [0.29, 0.717) is 23.0 Å². The molecule has 452 valence electrons. The lowest BCUT2D eigenvalue weighted by Gasteiger charge is -2.34. The number of carboxylic acid groups (broad SMARTS) is 1. The van der Waals surface area contributed by atoms with Crippen LogP contribution >= 0.6 is 0 Å². The molecule has 1 atom stereocenters. The molecular weight excluding hydrogens is 1000 g/mol. The van der Waals surface area contributed by atoms with Crippen LogP contribution < -0.4 is 4.74 Å². The highest BCUT2D eigenvalue weighted by atomic mass is 16.5. The zero-order chi connectivity index (χ0) is 63.0. The van der Waals surface area contributed by atoms with Gasteiger partial charge in [0.15, 0.2) is 0 Å². The number of carbonyl (C=O) groups excluding carboxylic acids is 1. The summed E-state index contributed by atoms with van der Waals surface area (Å²) in [5.41, 5.74) is 11.7. The van der Waals surface area contributed by atoms with Gasteiger partial charge in [-0.1, -0.05) is 242 Å². The summed E-state index contributed by atoms with van der Waals surface area (Å²) in [7, 11) is 0. The van der Waals surface area contributed by atoms with Gasteiger partial charge < -0.3 is 25.2 Å². The minimum absolute atomic E-state index is 0.00972.